The number of nitrogens with zero attached hydrogens (tertiary/aromatic N) is 4. The second-order valence-electron chi connectivity index (χ2n) is 7.67. The van der Waals surface area contributed by atoms with Crippen molar-refractivity contribution in [3.63, 3.8) is 0 Å². The zero-order valence-corrected chi connectivity index (χ0v) is 17.5. The third-order valence-electron chi connectivity index (χ3n) is 6.17. The molecule has 1 N–H and O–H groups in total. The summed E-state index contributed by atoms with van der Waals surface area (Å²) < 4.78 is 10.8. The average molecular weight is 403 g/mol. The van der Waals surface area contributed by atoms with Crippen molar-refractivity contribution in [2.75, 3.05) is 33.9 Å². The molecule has 3 atom stereocenters. The van der Waals surface area contributed by atoms with Crippen LogP contribution in [0.3, 0.4) is 0 Å². The zero-order valence-electron chi connectivity index (χ0n) is 17.5. The van der Waals surface area contributed by atoms with Crippen molar-refractivity contribution >= 4 is 5.71 Å². The zero-order chi connectivity index (χ0) is 21.9. The summed E-state index contributed by atoms with van der Waals surface area (Å²) in [4.78, 5) is 2.27. The summed E-state index contributed by atoms with van der Waals surface area (Å²) in [5, 5.41) is 38.7. The molecule has 0 spiro atoms. The molecule has 7 nitrogen and oxygen atoms in total. The predicted molar refractivity (Wildman–Crippen MR) is 111 cm³/mol. The molecule has 1 aliphatic heterocycles. The van der Waals surface area contributed by atoms with E-state index in [0.29, 0.717) is 24.6 Å². The molecular weight excluding hydrogens is 378 g/mol. The van der Waals surface area contributed by atoms with E-state index in [1.165, 1.54) is 7.11 Å². The number of ether oxygens (including phenoxy) is 2. The lowest BCUT2D eigenvalue weighted by atomic mass is 9.54. The molecule has 7 heteroatoms. The molecular formula is C23H25N5O2. The molecule has 1 heterocycles. The highest BCUT2D eigenvalue weighted by Gasteiger charge is 2.57. The van der Waals surface area contributed by atoms with E-state index in [1.807, 2.05) is 12.1 Å². The molecule has 0 saturated heterocycles. The van der Waals surface area contributed by atoms with Gasteiger partial charge < -0.3 is 14.9 Å². The topological polar surface area (TPSA) is 117 Å². The van der Waals surface area contributed by atoms with Crippen molar-refractivity contribution in [3.8, 4) is 29.7 Å². The van der Waals surface area contributed by atoms with Gasteiger partial charge in [-0.1, -0.05) is 19.1 Å². The monoisotopic (exact) mass is 403 g/mol. The fourth-order valence-corrected chi connectivity index (χ4v) is 4.79. The van der Waals surface area contributed by atoms with Crippen LogP contribution in [0.25, 0.3) is 0 Å². The number of nitrogens with one attached hydrogen (secondary N) is 1. The molecule has 1 saturated carbocycles. The van der Waals surface area contributed by atoms with Gasteiger partial charge >= 0.3 is 0 Å². The van der Waals surface area contributed by atoms with Gasteiger partial charge in [0.15, 0.2) is 16.9 Å². The summed E-state index contributed by atoms with van der Waals surface area (Å²) in [6, 6.07) is 11.8. The SMILES string of the molecule is CCCN1CC=C2C(C#N)C(=N)C(C#N)(C#N)[C@@H](c3ccc(OC)c(OC)c3)[C@@H]2C1. The molecule has 30 heavy (non-hydrogen) atoms. The third-order valence-corrected chi connectivity index (χ3v) is 6.17. The first kappa shape index (κ1) is 21.4. The van der Waals surface area contributed by atoms with Crippen LogP contribution in [0, 0.1) is 56.7 Å². The third kappa shape index (κ3) is 3.20. The van der Waals surface area contributed by atoms with Gasteiger partial charge in [0.05, 0.1) is 38.1 Å². The van der Waals surface area contributed by atoms with Crippen LogP contribution in [0.1, 0.15) is 24.8 Å². The standard InChI is InChI=1S/C23H25N5O2/c1-4-8-28-9-7-16-17(11-24)22(27)23(13-25,14-26)21(18(16)12-28)15-5-6-19(29-2)20(10-15)30-3/h5-7,10,17-18,21,27H,4,8-9,12H2,1-3H3/t17?,18-,21+/m1/s1. The van der Waals surface area contributed by atoms with Gasteiger partial charge in [0.1, 0.15) is 5.92 Å². The van der Waals surface area contributed by atoms with Crippen molar-refractivity contribution in [1.82, 2.24) is 4.90 Å². The number of fused-ring (bicyclic) bond motifs is 1. The maximum atomic E-state index is 10.1. The van der Waals surface area contributed by atoms with E-state index in [-0.39, 0.29) is 11.6 Å². The Morgan fingerprint density at radius 2 is 1.87 bits per heavy atom. The largest absolute Gasteiger partial charge is 0.493 e. The summed E-state index contributed by atoms with van der Waals surface area (Å²) in [6.07, 6.45) is 2.99. The molecule has 1 fully saturated rings. The molecule has 1 unspecified atom stereocenters. The molecule has 1 aromatic carbocycles. The minimum Gasteiger partial charge on any atom is -0.493 e. The van der Waals surface area contributed by atoms with Crippen LogP contribution in [0.4, 0.5) is 0 Å². The lowest BCUT2D eigenvalue weighted by molar-refractivity contribution is 0.204. The molecule has 154 valence electrons. The van der Waals surface area contributed by atoms with Gasteiger partial charge in [-0.15, -0.1) is 0 Å². The van der Waals surface area contributed by atoms with Crippen molar-refractivity contribution in [1.29, 1.82) is 21.2 Å². The molecule has 0 amide bonds. The quantitative estimate of drug-likeness (QED) is 0.754. The van der Waals surface area contributed by atoms with Gasteiger partial charge in [0.25, 0.3) is 0 Å². The molecule has 3 rings (SSSR count). The lowest BCUT2D eigenvalue weighted by Crippen LogP contribution is -2.52. The minimum atomic E-state index is -1.72. The van der Waals surface area contributed by atoms with Crippen molar-refractivity contribution < 1.29 is 9.47 Å². The molecule has 2 aliphatic rings. The summed E-state index contributed by atoms with van der Waals surface area (Å²) >= 11 is 0. The van der Waals surface area contributed by atoms with Crippen molar-refractivity contribution in [3.05, 3.63) is 35.4 Å². The highest BCUT2D eigenvalue weighted by atomic mass is 16.5. The first-order valence-electron chi connectivity index (χ1n) is 9.96. The Bertz CT molecular complexity index is 980. The summed E-state index contributed by atoms with van der Waals surface area (Å²) in [5.41, 5.74) is -0.292. The molecule has 0 bridgehead atoms. The number of rotatable bonds is 5. The molecule has 1 aliphatic carbocycles. The van der Waals surface area contributed by atoms with E-state index in [2.05, 4.69) is 30.0 Å². The summed E-state index contributed by atoms with van der Waals surface area (Å²) in [6.45, 7) is 4.33. The fraction of sp³-hybridized carbons (Fsp3) is 0.478. The van der Waals surface area contributed by atoms with Gasteiger partial charge in [0, 0.05) is 24.9 Å². The number of hydrogen-bond donors (Lipinski definition) is 1. The van der Waals surface area contributed by atoms with Crippen LogP contribution in [-0.4, -0.2) is 44.5 Å². The highest BCUT2D eigenvalue weighted by Crippen LogP contribution is 2.54. The second-order valence-corrected chi connectivity index (χ2v) is 7.67. The van der Waals surface area contributed by atoms with E-state index in [1.54, 1.807) is 19.2 Å². The number of methoxy groups -OCH3 is 2. The highest BCUT2D eigenvalue weighted by molar-refractivity contribution is 6.00. The van der Waals surface area contributed by atoms with Gasteiger partial charge in [-0.05, 0) is 36.2 Å². The Kier molecular flexibility index (Phi) is 6.11. The average Bonchev–Trinajstić information content (AvgIpc) is 2.78. The van der Waals surface area contributed by atoms with Gasteiger partial charge in [-0.2, -0.15) is 15.8 Å². The predicted octanol–water partition coefficient (Wildman–Crippen LogP) is 3.26. The van der Waals surface area contributed by atoms with Crippen LogP contribution in [0.5, 0.6) is 11.5 Å². The maximum Gasteiger partial charge on any atom is 0.189 e. The molecule has 0 aromatic heterocycles. The van der Waals surface area contributed by atoms with Crippen LogP contribution < -0.4 is 9.47 Å². The Balaban J connectivity index is 2.23. The minimum absolute atomic E-state index is 0.138. The Labute approximate surface area is 177 Å². The second kappa shape index (κ2) is 8.57. The van der Waals surface area contributed by atoms with Gasteiger partial charge in [0.2, 0.25) is 0 Å². The first-order chi connectivity index (χ1) is 14.5. The Morgan fingerprint density at radius 3 is 2.43 bits per heavy atom. The fourth-order valence-electron chi connectivity index (χ4n) is 4.79. The smallest absolute Gasteiger partial charge is 0.189 e. The van der Waals surface area contributed by atoms with Crippen LogP contribution in [0.2, 0.25) is 0 Å². The van der Waals surface area contributed by atoms with E-state index in [9.17, 15) is 15.8 Å². The van der Waals surface area contributed by atoms with Gasteiger partial charge in [-0.3, -0.25) is 4.90 Å². The number of hydrogen-bond acceptors (Lipinski definition) is 7. The van der Waals surface area contributed by atoms with E-state index < -0.39 is 17.3 Å². The van der Waals surface area contributed by atoms with E-state index >= 15 is 0 Å². The van der Waals surface area contributed by atoms with Crippen molar-refractivity contribution in [2.24, 2.45) is 17.3 Å². The van der Waals surface area contributed by atoms with Crippen molar-refractivity contribution in [2.45, 2.75) is 19.3 Å². The lowest BCUT2D eigenvalue weighted by Gasteiger charge is -2.47. The first-order valence-corrected chi connectivity index (χ1v) is 9.96. The molecule has 1 aromatic rings. The molecule has 0 radical (unpaired) electrons. The van der Waals surface area contributed by atoms with Crippen LogP contribution >= 0.6 is 0 Å². The van der Waals surface area contributed by atoms with Gasteiger partial charge in [-0.25, -0.2) is 0 Å². The number of nitriles is 3. The summed E-state index contributed by atoms with van der Waals surface area (Å²) in [5.74, 6) is -0.611. The van der Waals surface area contributed by atoms with Crippen LogP contribution in [0.15, 0.2) is 29.8 Å². The van der Waals surface area contributed by atoms with E-state index in [0.717, 1.165) is 24.1 Å². The normalized spacial score (nSPS) is 25.1. The summed E-state index contributed by atoms with van der Waals surface area (Å²) in [7, 11) is 3.08. The Morgan fingerprint density at radius 1 is 1.17 bits per heavy atom. The maximum absolute atomic E-state index is 10.1. The van der Waals surface area contributed by atoms with Crippen LogP contribution in [-0.2, 0) is 0 Å². The Hall–Kier alpha value is -3.34. The number of benzene rings is 1. The van der Waals surface area contributed by atoms with E-state index in [4.69, 9.17) is 14.9 Å².